The van der Waals surface area contributed by atoms with Crippen molar-refractivity contribution in [2.24, 2.45) is 0 Å². The number of fused-ring (bicyclic) bond motifs is 1. The Morgan fingerprint density at radius 2 is 1.61 bits per heavy atom. The SMILES string of the molecule is COc1nc(C2CC2)nc(OC(C)C)c1CN1C[C@@H]2CN(C(=O)[C@H]3CCCO3)CCN2[C@H](C(c2ccccc2)c2ccccc2)C1. The van der Waals surface area contributed by atoms with Crippen LogP contribution in [0.5, 0.6) is 11.8 Å². The number of aromatic nitrogens is 2. The lowest BCUT2D eigenvalue weighted by atomic mass is 9.81. The molecule has 3 saturated heterocycles. The van der Waals surface area contributed by atoms with Crippen LogP contribution in [-0.4, -0.2) is 101 Å². The molecule has 0 spiro atoms. The predicted molar refractivity (Wildman–Crippen MR) is 176 cm³/mol. The monoisotopic (exact) mass is 625 g/mol. The summed E-state index contributed by atoms with van der Waals surface area (Å²) < 4.78 is 18.1. The fourth-order valence-corrected chi connectivity index (χ4v) is 7.60. The van der Waals surface area contributed by atoms with Crippen molar-refractivity contribution < 1.29 is 19.0 Å². The quantitative estimate of drug-likeness (QED) is 0.316. The minimum Gasteiger partial charge on any atom is -0.481 e. The highest BCUT2D eigenvalue weighted by molar-refractivity contribution is 5.81. The fraction of sp³-hybridized carbons (Fsp3) is 0.541. The van der Waals surface area contributed by atoms with E-state index in [9.17, 15) is 4.79 Å². The number of carbonyl (C=O) groups is 1. The van der Waals surface area contributed by atoms with E-state index in [1.165, 1.54) is 11.1 Å². The van der Waals surface area contributed by atoms with Gasteiger partial charge >= 0.3 is 0 Å². The minimum atomic E-state index is -0.300. The van der Waals surface area contributed by atoms with Crippen LogP contribution in [0.1, 0.15) is 73.9 Å². The Morgan fingerprint density at radius 3 is 2.22 bits per heavy atom. The third kappa shape index (κ3) is 6.64. The van der Waals surface area contributed by atoms with Gasteiger partial charge < -0.3 is 19.1 Å². The van der Waals surface area contributed by atoms with E-state index in [0.717, 1.165) is 63.3 Å². The molecule has 244 valence electrons. The molecule has 0 radical (unpaired) electrons. The van der Waals surface area contributed by atoms with Gasteiger partial charge in [-0.2, -0.15) is 9.97 Å². The molecule has 4 aliphatic rings. The van der Waals surface area contributed by atoms with Gasteiger partial charge in [0.25, 0.3) is 5.91 Å². The third-order valence-corrected chi connectivity index (χ3v) is 9.90. The number of amides is 1. The number of hydrogen-bond acceptors (Lipinski definition) is 8. The second-order valence-corrected chi connectivity index (χ2v) is 13.6. The van der Waals surface area contributed by atoms with Crippen LogP contribution in [-0.2, 0) is 16.1 Å². The van der Waals surface area contributed by atoms with Crippen molar-refractivity contribution in [1.29, 1.82) is 0 Å². The molecule has 0 unspecified atom stereocenters. The maximum atomic E-state index is 13.5. The first kappa shape index (κ1) is 31.1. The summed E-state index contributed by atoms with van der Waals surface area (Å²) in [6.45, 7) is 9.26. The van der Waals surface area contributed by atoms with Crippen LogP contribution in [0.4, 0.5) is 0 Å². The van der Waals surface area contributed by atoms with Crippen molar-refractivity contribution in [2.75, 3.05) is 46.4 Å². The predicted octanol–water partition coefficient (Wildman–Crippen LogP) is 4.86. The molecule has 1 saturated carbocycles. The van der Waals surface area contributed by atoms with E-state index in [-0.39, 0.29) is 36.1 Å². The second-order valence-electron chi connectivity index (χ2n) is 13.6. The van der Waals surface area contributed by atoms with Crippen LogP contribution in [0.25, 0.3) is 0 Å². The van der Waals surface area contributed by atoms with Gasteiger partial charge in [-0.15, -0.1) is 0 Å². The van der Waals surface area contributed by atoms with Crippen LogP contribution in [0.2, 0.25) is 0 Å². The van der Waals surface area contributed by atoms with Crippen molar-refractivity contribution >= 4 is 5.91 Å². The lowest BCUT2D eigenvalue weighted by Crippen LogP contribution is -2.67. The van der Waals surface area contributed by atoms with Gasteiger partial charge in [-0.05, 0) is 50.7 Å². The highest BCUT2D eigenvalue weighted by Crippen LogP contribution is 2.42. The molecule has 9 heteroatoms. The van der Waals surface area contributed by atoms with Crippen molar-refractivity contribution in [3.8, 4) is 11.8 Å². The van der Waals surface area contributed by atoms with E-state index in [0.29, 0.717) is 37.4 Å². The number of rotatable bonds is 10. The maximum Gasteiger partial charge on any atom is 0.251 e. The molecule has 1 aromatic heterocycles. The van der Waals surface area contributed by atoms with Gasteiger partial charge in [0, 0.05) is 69.8 Å². The second kappa shape index (κ2) is 13.7. The van der Waals surface area contributed by atoms with Gasteiger partial charge in [0.05, 0.1) is 18.8 Å². The Morgan fingerprint density at radius 1 is 0.913 bits per heavy atom. The molecule has 9 nitrogen and oxygen atoms in total. The molecule has 46 heavy (non-hydrogen) atoms. The van der Waals surface area contributed by atoms with Crippen LogP contribution in [0, 0.1) is 0 Å². The largest absolute Gasteiger partial charge is 0.481 e. The van der Waals surface area contributed by atoms with E-state index in [1.54, 1.807) is 7.11 Å². The lowest BCUT2D eigenvalue weighted by molar-refractivity contribution is -0.146. The van der Waals surface area contributed by atoms with Gasteiger partial charge in [0.15, 0.2) is 0 Å². The Balaban J connectivity index is 1.24. The Labute approximate surface area is 272 Å². The number of ether oxygens (including phenoxy) is 3. The van der Waals surface area contributed by atoms with Gasteiger partial charge in [-0.3, -0.25) is 14.6 Å². The molecule has 0 N–H and O–H groups in total. The summed E-state index contributed by atoms with van der Waals surface area (Å²) in [7, 11) is 1.69. The average molecular weight is 626 g/mol. The molecule has 7 rings (SSSR count). The summed E-state index contributed by atoms with van der Waals surface area (Å²) in [6, 6.07) is 22.1. The number of hydrogen-bond donors (Lipinski definition) is 0. The molecule has 4 fully saturated rings. The lowest BCUT2D eigenvalue weighted by Gasteiger charge is -2.53. The minimum absolute atomic E-state index is 0.0220. The highest BCUT2D eigenvalue weighted by Gasteiger charge is 2.44. The summed E-state index contributed by atoms with van der Waals surface area (Å²) in [5.41, 5.74) is 3.50. The van der Waals surface area contributed by atoms with E-state index in [1.807, 2.05) is 13.8 Å². The Kier molecular flexibility index (Phi) is 9.24. The van der Waals surface area contributed by atoms with Crippen molar-refractivity contribution in [1.82, 2.24) is 24.7 Å². The standard InChI is InChI=1S/C37H47N5O4/c1-25(2)46-36-30(35(44-3)38-34(39-36)28-16-17-28)23-40-21-29-22-41(37(43)32-15-10-20-45-32)18-19-42(29)31(24-40)33(26-11-6-4-7-12-26)27-13-8-5-9-14-27/h4-9,11-14,25,28-29,31-33H,10,15-24H2,1-3H3/t29-,31+,32-/m1/s1. The van der Waals surface area contributed by atoms with Crippen LogP contribution in [0.15, 0.2) is 60.7 Å². The van der Waals surface area contributed by atoms with Crippen LogP contribution in [0.3, 0.4) is 0 Å². The smallest absolute Gasteiger partial charge is 0.251 e. The summed E-state index contributed by atoms with van der Waals surface area (Å²) in [5.74, 6) is 2.75. The molecule has 3 aromatic rings. The van der Waals surface area contributed by atoms with Crippen molar-refractivity contribution in [3.05, 3.63) is 83.2 Å². The summed E-state index contributed by atoms with van der Waals surface area (Å²) >= 11 is 0. The van der Waals surface area contributed by atoms with E-state index in [2.05, 4.69) is 75.4 Å². The number of methoxy groups -OCH3 is 1. The topological polar surface area (TPSA) is 80.3 Å². The van der Waals surface area contributed by atoms with Crippen molar-refractivity contribution in [2.45, 2.75) is 82.2 Å². The molecule has 3 aliphatic heterocycles. The first-order chi connectivity index (χ1) is 22.5. The number of benzene rings is 2. The van der Waals surface area contributed by atoms with Gasteiger partial charge in [-0.1, -0.05) is 60.7 Å². The molecule has 0 bridgehead atoms. The number of nitrogens with zero attached hydrogens (tertiary/aromatic N) is 5. The molecule has 3 atom stereocenters. The van der Waals surface area contributed by atoms with E-state index >= 15 is 0 Å². The normalized spacial score (nSPS) is 23.9. The van der Waals surface area contributed by atoms with Crippen LogP contribution < -0.4 is 9.47 Å². The molecule has 4 heterocycles. The number of piperazine rings is 2. The maximum absolute atomic E-state index is 13.5. The average Bonchev–Trinajstić information content (AvgIpc) is 3.79. The highest BCUT2D eigenvalue weighted by atomic mass is 16.5. The number of carbonyl (C=O) groups excluding carboxylic acids is 1. The molecule has 1 aliphatic carbocycles. The Hall–Kier alpha value is -3.53. The van der Waals surface area contributed by atoms with Crippen LogP contribution >= 0.6 is 0 Å². The zero-order valence-electron chi connectivity index (χ0n) is 27.4. The Bertz CT molecular complexity index is 1440. The van der Waals surface area contributed by atoms with Gasteiger partial charge in [0.1, 0.15) is 11.9 Å². The molecule has 1 amide bonds. The van der Waals surface area contributed by atoms with Gasteiger partial charge in [-0.25, -0.2) is 0 Å². The van der Waals surface area contributed by atoms with Gasteiger partial charge in [0.2, 0.25) is 11.8 Å². The summed E-state index contributed by atoms with van der Waals surface area (Å²) in [6.07, 6.45) is 3.66. The molecular formula is C37H47N5O4. The van der Waals surface area contributed by atoms with E-state index < -0.39 is 0 Å². The first-order valence-corrected chi connectivity index (χ1v) is 17.1. The summed E-state index contributed by atoms with van der Waals surface area (Å²) in [4.78, 5) is 30.6. The fourth-order valence-electron chi connectivity index (χ4n) is 7.60. The first-order valence-electron chi connectivity index (χ1n) is 17.1. The molecule has 2 aromatic carbocycles. The van der Waals surface area contributed by atoms with E-state index in [4.69, 9.17) is 24.2 Å². The molecular weight excluding hydrogens is 578 g/mol. The zero-order valence-corrected chi connectivity index (χ0v) is 27.4. The third-order valence-electron chi connectivity index (χ3n) is 9.90. The zero-order chi connectivity index (χ0) is 31.6. The van der Waals surface area contributed by atoms with Crippen molar-refractivity contribution in [3.63, 3.8) is 0 Å². The summed E-state index contributed by atoms with van der Waals surface area (Å²) in [5, 5.41) is 0.